The highest BCUT2D eigenvalue weighted by molar-refractivity contribution is 5.69. The van der Waals surface area contributed by atoms with Gasteiger partial charge in [0.05, 0.1) is 0 Å². The molecule has 0 aliphatic rings. The van der Waals surface area contributed by atoms with Crippen molar-refractivity contribution >= 4 is 5.97 Å². The van der Waals surface area contributed by atoms with Gasteiger partial charge >= 0.3 is 5.97 Å². The molecule has 0 fully saturated rings. The summed E-state index contributed by atoms with van der Waals surface area (Å²) in [6, 6.07) is 0. The van der Waals surface area contributed by atoms with Crippen molar-refractivity contribution in [3.8, 4) is 0 Å². The fourth-order valence-corrected chi connectivity index (χ4v) is 0.120. The molecule has 0 atom stereocenters. The molecule has 0 heterocycles. The molecule has 7 nitrogen and oxygen atoms in total. The van der Waals surface area contributed by atoms with Crippen LogP contribution in [0.15, 0.2) is 0 Å². The number of rotatable bonds is 4. The van der Waals surface area contributed by atoms with Gasteiger partial charge in [-0.1, -0.05) is 0 Å². The highest BCUT2D eigenvalue weighted by Gasteiger charge is 2.01. The molecule has 0 saturated heterocycles. The van der Waals surface area contributed by atoms with Crippen molar-refractivity contribution in [2.45, 2.75) is 0 Å². The third-order valence-electron chi connectivity index (χ3n) is 0.357. The summed E-state index contributed by atoms with van der Waals surface area (Å²) in [7, 11) is 0. The molecule has 0 aromatic heterocycles. The second kappa shape index (κ2) is 5.41. The Bertz CT molecular complexity index is 79.0. The van der Waals surface area contributed by atoms with Crippen LogP contribution < -0.4 is 0 Å². The summed E-state index contributed by atoms with van der Waals surface area (Å²) in [5.41, 5.74) is 0. The predicted molar refractivity (Wildman–Crippen MR) is 19.5 cm³/mol. The van der Waals surface area contributed by atoms with Crippen LogP contribution in [0.1, 0.15) is 0 Å². The molecule has 2 N–H and O–H groups in total. The van der Waals surface area contributed by atoms with Crippen LogP contribution in [0.3, 0.4) is 0 Å². The summed E-state index contributed by atoms with van der Waals surface area (Å²) in [4.78, 5) is 16.7. The Balaban J connectivity index is 2.97. The Morgan fingerprint density at radius 2 is 2.11 bits per heavy atom. The molecule has 7 heteroatoms. The van der Waals surface area contributed by atoms with Crippen LogP contribution in [0.4, 0.5) is 0 Å². The molecule has 0 aromatic carbocycles. The lowest BCUT2D eigenvalue weighted by Gasteiger charge is -1.93. The molecule has 0 aromatic rings. The van der Waals surface area contributed by atoms with Gasteiger partial charge in [-0.3, -0.25) is 4.89 Å². The van der Waals surface area contributed by atoms with Gasteiger partial charge in [-0.05, 0) is 10.1 Å². The van der Waals surface area contributed by atoms with Gasteiger partial charge in [0, 0.05) is 0 Å². The van der Waals surface area contributed by atoms with Crippen LogP contribution in [0.2, 0.25) is 0 Å². The largest absolute Gasteiger partial charge is 0.370 e. The molecular weight excluding hydrogens is 136 g/mol. The number of carbonyl (C=O) groups excluding carboxylic acids is 1. The molecule has 0 radical (unpaired) electrons. The van der Waals surface area contributed by atoms with Crippen LogP contribution in [-0.4, -0.2) is 23.1 Å². The zero-order valence-electron chi connectivity index (χ0n) is 4.14. The van der Waals surface area contributed by atoms with Crippen molar-refractivity contribution in [3.05, 3.63) is 0 Å². The Hall–Kier alpha value is -0.730. The maximum atomic E-state index is 9.87. The smallest absolute Gasteiger partial charge is 0.298 e. The molecular formula is C2H4O7. The minimum Gasteiger partial charge on any atom is -0.298 e. The average Bonchev–Trinajstić information content (AvgIpc) is 1.89. The lowest BCUT2D eigenvalue weighted by molar-refractivity contribution is -0.621. The first-order chi connectivity index (χ1) is 4.31. The van der Waals surface area contributed by atoms with Crippen LogP contribution >= 0.6 is 0 Å². The maximum absolute atomic E-state index is 9.87. The quantitative estimate of drug-likeness (QED) is 0.304. The lowest BCUT2D eigenvalue weighted by atomic mass is 10.8. The Labute approximate surface area is 49.0 Å². The van der Waals surface area contributed by atoms with E-state index in [9.17, 15) is 4.79 Å². The van der Waals surface area contributed by atoms with Gasteiger partial charge in [-0.25, -0.2) is 10.1 Å². The van der Waals surface area contributed by atoms with Crippen molar-refractivity contribution in [1.82, 2.24) is 0 Å². The van der Waals surface area contributed by atoms with Gasteiger partial charge in [0.2, 0.25) is 0 Å². The van der Waals surface area contributed by atoms with Crippen molar-refractivity contribution in [1.29, 1.82) is 0 Å². The van der Waals surface area contributed by atoms with Gasteiger partial charge in [-0.2, -0.15) is 10.1 Å². The topological polar surface area (TPSA) is 94.5 Å². The van der Waals surface area contributed by atoms with E-state index in [2.05, 4.69) is 19.9 Å². The molecule has 0 rings (SSSR count). The van der Waals surface area contributed by atoms with Gasteiger partial charge in [-0.15, -0.1) is 0 Å². The van der Waals surface area contributed by atoms with E-state index in [0.717, 1.165) is 0 Å². The molecule has 0 aliphatic heterocycles. The molecule has 0 unspecified atom stereocenters. The second-order valence-corrected chi connectivity index (χ2v) is 0.868. The van der Waals surface area contributed by atoms with E-state index in [1.165, 1.54) is 0 Å². The third kappa shape index (κ3) is 5.14. The Kier molecular flexibility index (Phi) is 4.97. The summed E-state index contributed by atoms with van der Waals surface area (Å²) >= 11 is 0. The van der Waals surface area contributed by atoms with Crippen molar-refractivity contribution in [2.24, 2.45) is 0 Å². The maximum Gasteiger partial charge on any atom is 0.370 e. The average molecular weight is 140 g/mol. The third-order valence-corrected chi connectivity index (χ3v) is 0.357. The first kappa shape index (κ1) is 8.27. The monoisotopic (exact) mass is 140 g/mol. The minimum atomic E-state index is -1.08. The SMILES string of the molecule is O=C(COOOO)OO. The van der Waals surface area contributed by atoms with Crippen molar-refractivity contribution < 1.29 is 35.2 Å². The van der Waals surface area contributed by atoms with Crippen LogP contribution in [0.25, 0.3) is 0 Å². The molecule has 54 valence electrons. The molecule has 0 aliphatic carbocycles. The van der Waals surface area contributed by atoms with E-state index in [0.29, 0.717) is 0 Å². The Morgan fingerprint density at radius 1 is 1.44 bits per heavy atom. The van der Waals surface area contributed by atoms with Gasteiger partial charge in [0.15, 0.2) is 6.61 Å². The molecule has 0 amide bonds. The number of carbonyl (C=O) groups is 1. The molecule has 0 bridgehead atoms. The molecule has 0 saturated carbocycles. The van der Waals surface area contributed by atoms with Crippen molar-refractivity contribution in [2.75, 3.05) is 6.61 Å². The van der Waals surface area contributed by atoms with Crippen LogP contribution in [-0.2, 0) is 24.6 Å². The van der Waals surface area contributed by atoms with Crippen LogP contribution in [0.5, 0.6) is 0 Å². The predicted octanol–water partition coefficient (Wildman–Crippen LogP) is -0.645. The first-order valence-electron chi connectivity index (χ1n) is 1.75. The summed E-state index contributed by atoms with van der Waals surface area (Å²) in [6.45, 7) is -0.683. The zero-order chi connectivity index (χ0) is 7.11. The molecule has 9 heavy (non-hydrogen) atoms. The standard InChI is InChI=1S/C2H4O7/c3-2(7-4)1-6-9-8-5/h4-5H,1H2. The van der Waals surface area contributed by atoms with Crippen LogP contribution in [0, 0.1) is 0 Å². The van der Waals surface area contributed by atoms with E-state index in [1.54, 1.807) is 0 Å². The second-order valence-electron chi connectivity index (χ2n) is 0.868. The highest BCUT2D eigenvalue weighted by Crippen LogP contribution is 1.79. The minimum absolute atomic E-state index is 0.683. The summed E-state index contributed by atoms with van der Waals surface area (Å²) in [6.07, 6.45) is 0. The van der Waals surface area contributed by atoms with E-state index in [-0.39, 0.29) is 0 Å². The fraction of sp³-hybridized carbons (Fsp3) is 0.500. The molecule has 0 spiro atoms. The van der Waals surface area contributed by atoms with Crippen molar-refractivity contribution in [3.63, 3.8) is 0 Å². The lowest BCUT2D eigenvalue weighted by Crippen LogP contribution is -2.10. The van der Waals surface area contributed by atoms with Gasteiger partial charge in [0.25, 0.3) is 0 Å². The van der Waals surface area contributed by atoms with E-state index in [1.807, 2.05) is 0 Å². The summed E-state index contributed by atoms with van der Waals surface area (Å²) in [5, 5.41) is 21.2. The fourth-order valence-electron chi connectivity index (χ4n) is 0.120. The van der Waals surface area contributed by atoms with Gasteiger partial charge < -0.3 is 0 Å². The normalized spacial score (nSPS) is 9.11. The highest BCUT2D eigenvalue weighted by atomic mass is 17.6. The van der Waals surface area contributed by atoms with E-state index < -0.39 is 12.6 Å². The van der Waals surface area contributed by atoms with E-state index >= 15 is 0 Å². The number of hydrogen-bond acceptors (Lipinski definition) is 7. The number of hydrogen-bond donors (Lipinski definition) is 2. The first-order valence-corrected chi connectivity index (χ1v) is 1.75. The summed E-state index contributed by atoms with van der Waals surface area (Å²) in [5.74, 6) is -1.08. The summed E-state index contributed by atoms with van der Waals surface area (Å²) < 4.78 is 0. The van der Waals surface area contributed by atoms with E-state index in [4.69, 9.17) is 10.5 Å². The van der Waals surface area contributed by atoms with Gasteiger partial charge in [0.1, 0.15) is 0 Å². The zero-order valence-corrected chi connectivity index (χ0v) is 4.14. The Morgan fingerprint density at radius 3 is 2.56 bits per heavy atom.